The molecule has 0 bridgehead atoms. The molecule has 0 amide bonds. The number of allylic oxidation sites excluding steroid dienone is 3. The molecule has 0 heterocycles. The van der Waals surface area contributed by atoms with E-state index in [4.69, 9.17) is 15.8 Å². The molecule has 2 aliphatic carbocycles. The highest BCUT2D eigenvalue weighted by Gasteiger charge is 2.16. The van der Waals surface area contributed by atoms with Gasteiger partial charge in [0.15, 0.2) is 0 Å². The average Bonchev–Trinajstić information content (AvgIpc) is 2.52. The highest BCUT2D eigenvalue weighted by atomic mass is 14.7. The number of aliphatic imine (C=N–C) groups is 1. The lowest BCUT2D eigenvalue weighted by Crippen LogP contribution is -2.14. The number of hydrogen-bond acceptors (Lipinski definition) is 3. The number of benzene rings is 1. The summed E-state index contributed by atoms with van der Waals surface area (Å²) in [5.74, 6) is 0. The second-order valence-corrected chi connectivity index (χ2v) is 6.41. The summed E-state index contributed by atoms with van der Waals surface area (Å²) in [6, 6.07) is 4.61. The first-order valence-electron chi connectivity index (χ1n) is 8.24. The molecule has 0 saturated carbocycles. The number of fused-ring (bicyclic) bond motifs is 1. The van der Waals surface area contributed by atoms with E-state index in [0.717, 1.165) is 31.4 Å². The second-order valence-electron chi connectivity index (χ2n) is 6.41. The van der Waals surface area contributed by atoms with Crippen LogP contribution in [-0.4, -0.2) is 23.7 Å². The molecule has 3 rings (SSSR count). The molecular formula is C20H23N3. The Morgan fingerprint density at radius 1 is 1.00 bits per heavy atom. The van der Waals surface area contributed by atoms with Crippen molar-refractivity contribution in [3.63, 3.8) is 0 Å². The van der Waals surface area contributed by atoms with E-state index in [-0.39, 0.29) is 5.71 Å². The number of hydrogen-bond donors (Lipinski definition) is 2. The summed E-state index contributed by atoms with van der Waals surface area (Å²) in [6.07, 6.45) is 9.64. The molecule has 3 nitrogen and oxygen atoms in total. The summed E-state index contributed by atoms with van der Waals surface area (Å²) >= 11 is 0. The smallest absolute Gasteiger partial charge is 0.0791 e. The van der Waals surface area contributed by atoms with Crippen molar-refractivity contribution < 1.29 is 0 Å². The normalized spacial score (nSPS) is 19.0. The summed E-state index contributed by atoms with van der Waals surface area (Å²) in [5.41, 5.74) is 8.37. The average molecular weight is 305 g/mol. The van der Waals surface area contributed by atoms with Gasteiger partial charge < -0.3 is 0 Å². The topological polar surface area (TPSA) is 60.1 Å². The second kappa shape index (κ2) is 6.45. The van der Waals surface area contributed by atoms with Crippen molar-refractivity contribution in [3.05, 3.63) is 58.2 Å². The van der Waals surface area contributed by atoms with Crippen LogP contribution in [0.3, 0.4) is 0 Å². The third kappa shape index (κ3) is 3.39. The zero-order valence-electron chi connectivity index (χ0n) is 13.9. The first-order chi connectivity index (χ1) is 11.0. The van der Waals surface area contributed by atoms with Crippen molar-refractivity contribution in [1.82, 2.24) is 0 Å². The molecule has 1 aromatic rings. The molecule has 23 heavy (non-hydrogen) atoms. The molecule has 0 unspecified atom stereocenters. The van der Waals surface area contributed by atoms with E-state index in [1.165, 1.54) is 34.4 Å². The first kappa shape index (κ1) is 15.6. The zero-order valence-corrected chi connectivity index (χ0v) is 13.9. The predicted molar refractivity (Wildman–Crippen MR) is 97.6 cm³/mol. The molecule has 0 atom stereocenters. The molecule has 3 heteroatoms. The predicted octanol–water partition coefficient (Wildman–Crippen LogP) is 4.35. The molecule has 1 aromatic carbocycles. The lowest BCUT2D eigenvalue weighted by atomic mass is 9.87. The number of rotatable bonds is 3. The van der Waals surface area contributed by atoms with Gasteiger partial charge in [-0.2, -0.15) is 0 Å². The number of nitrogens with zero attached hydrogens (tertiary/aromatic N) is 1. The Bertz CT molecular complexity index is 763. The highest BCUT2D eigenvalue weighted by molar-refractivity contribution is 6.49. The molecular weight excluding hydrogens is 282 g/mol. The summed E-state index contributed by atoms with van der Waals surface area (Å²) < 4.78 is 0. The molecule has 0 aliphatic heterocycles. The van der Waals surface area contributed by atoms with Gasteiger partial charge in [0, 0.05) is 12.3 Å². The Morgan fingerprint density at radius 2 is 1.78 bits per heavy atom. The fourth-order valence-corrected chi connectivity index (χ4v) is 3.16. The van der Waals surface area contributed by atoms with Crippen LogP contribution < -0.4 is 0 Å². The van der Waals surface area contributed by atoms with Crippen LogP contribution in [0, 0.1) is 24.7 Å². The van der Waals surface area contributed by atoms with Crippen LogP contribution in [0.15, 0.2) is 40.9 Å². The van der Waals surface area contributed by atoms with Gasteiger partial charge in [0.25, 0.3) is 0 Å². The third-order valence-electron chi connectivity index (χ3n) is 4.68. The van der Waals surface area contributed by atoms with Crippen molar-refractivity contribution in [3.8, 4) is 0 Å². The number of nitrogens with one attached hydrogen (secondary N) is 2. The summed E-state index contributed by atoms with van der Waals surface area (Å²) in [6.45, 7) is 5.09. The van der Waals surface area contributed by atoms with Gasteiger partial charge in [0.1, 0.15) is 0 Å². The SMILES string of the molecule is Cc1cc2c(cc1C)C(=NCCC1=CC(=N)C(=N)C=C1)CCC2. The van der Waals surface area contributed by atoms with Gasteiger partial charge in [-0.25, -0.2) is 0 Å². The zero-order chi connectivity index (χ0) is 16.4. The van der Waals surface area contributed by atoms with Gasteiger partial charge in [0.05, 0.1) is 11.4 Å². The van der Waals surface area contributed by atoms with Crippen molar-refractivity contribution in [1.29, 1.82) is 10.8 Å². The molecule has 0 spiro atoms. The summed E-state index contributed by atoms with van der Waals surface area (Å²) in [7, 11) is 0. The van der Waals surface area contributed by atoms with Gasteiger partial charge in [-0.15, -0.1) is 0 Å². The lowest BCUT2D eigenvalue weighted by molar-refractivity contribution is 0.827. The van der Waals surface area contributed by atoms with Crippen molar-refractivity contribution >= 4 is 17.1 Å². The summed E-state index contributed by atoms with van der Waals surface area (Å²) in [4.78, 5) is 4.85. The van der Waals surface area contributed by atoms with Gasteiger partial charge in [-0.05, 0) is 85.6 Å². The molecule has 0 saturated heterocycles. The summed E-state index contributed by atoms with van der Waals surface area (Å²) in [5, 5.41) is 15.3. The Morgan fingerprint density at radius 3 is 2.57 bits per heavy atom. The Labute approximate surface area is 137 Å². The fraction of sp³-hybridized carbons (Fsp3) is 0.350. The fourth-order valence-electron chi connectivity index (χ4n) is 3.16. The minimum absolute atomic E-state index is 0.284. The van der Waals surface area contributed by atoms with E-state index in [2.05, 4.69) is 26.0 Å². The van der Waals surface area contributed by atoms with Gasteiger partial charge in [-0.1, -0.05) is 12.1 Å². The van der Waals surface area contributed by atoms with E-state index >= 15 is 0 Å². The van der Waals surface area contributed by atoms with E-state index in [1.807, 2.05) is 6.08 Å². The van der Waals surface area contributed by atoms with Crippen molar-refractivity contribution in [2.24, 2.45) is 4.99 Å². The van der Waals surface area contributed by atoms with Gasteiger partial charge in [0.2, 0.25) is 0 Å². The highest BCUT2D eigenvalue weighted by Crippen LogP contribution is 2.25. The van der Waals surface area contributed by atoms with E-state index in [0.29, 0.717) is 5.71 Å². The maximum atomic E-state index is 7.71. The van der Waals surface area contributed by atoms with E-state index < -0.39 is 0 Å². The maximum Gasteiger partial charge on any atom is 0.0791 e. The molecule has 0 radical (unpaired) electrons. The lowest BCUT2D eigenvalue weighted by Gasteiger charge is -2.20. The molecule has 2 aliphatic rings. The van der Waals surface area contributed by atoms with Crippen LogP contribution in [-0.2, 0) is 6.42 Å². The maximum absolute atomic E-state index is 7.71. The molecule has 118 valence electrons. The minimum Gasteiger partial charge on any atom is -0.299 e. The van der Waals surface area contributed by atoms with Crippen molar-refractivity contribution in [2.75, 3.05) is 6.54 Å². The van der Waals surface area contributed by atoms with Crippen LogP contribution in [0.5, 0.6) is 0 Å². The van der Waals surface area contributed by atoms with Crippen LogP contribution in [0.25, 0.3) is 0 Å². The van der Waals surface area contributed by atoms with E-state index in [1.54, 1.807) is 12.2 Å². The van der Waals surface area contributed by atoms with E-state index in [9.17, 15) is 0 Å². The minimum atomic E-state index is 0.284. The Balaban J connectivity index is 1.74. The Hall–Kier alpha value is -2.29. The standard InChI is InChI=1S/C20H23N3/c1-13-10-16-4-3-5-20(17(16)11-14(13)2)23-9-8-15-6-7-18(21)19(22)12-15/h6-7,10-12,21-22H,3-5,8-9H2,1-2H3. The molecule has 0 aromatic heterocycles. The monoisotopic (exact) mass is 305 g/mol. The Kier molecular flexibility index (Phi) is 4.37. The van der Waals surface area contributed by atoms with Crippen LogP contribution >= 0.6 is 0 Å². The van der Waals surface area contributed by atoms with Crippen molar-refractivity contribution in [2.45, 2.75) is 39.5 Å². The molecule has 0 fully saturated rings. The largest absolute Gasteiger partial charge is 0.299 e. The van der Waals surface area contributed by atoms with Crippen LogP contribution in [0.2, 0.25) is 0 Å². The van der Waals surface area contributed by atoms with Gasteiger partial charge in [-0.3, -0.25) is 15.8 Å². The quantitative estimate of drug-likeness (QED) is 0.780. The van der Waals surface area contributed by atoms with Gasteiger partial charge >= 0.3 is 0 Å². The first-order valence-corrected chi connectivity index (χ1v) is 8.24. The molecule has 2 N–H and O–H groups in total. The third-order valence-corrected chi connectivity index (χ3v) is 4.68. The number of aryl methyl sites for hydroxylation is 3. The van der Waals surface area contributed by atoms with Crippen LogP contribution in [0.1, 0.15) is 41.5 Å². The van der Waals surface area contributed by atoms with Crippen LogP contribution in [0.4, 0.5) is 0 Å².